The lowest BCUT2D eigenvalue weighted by Crippen LogP contribution is -1.85. The SMILES string of the molecule is CC1CC1c1nc(-c2ccc(N)cc2)cs1. The summed E-state index contributed by atoms with van der Waals surface area (Å²) in [5, 5.41) is 3.44. The van der Waals surface area contributed by atoms with Crippen LogP contribution in [-0.4, -0.2) is 4.98 Å². The Morgan fingerprint density at radius 3 is 2.62 bits per heavy atom. The van der Waals surface area contributed by atoms with E-state index in [-0.39, 0.29) is 0 Å². The number of nitrogens with zero attached hydrogens (tertiary/aromatic N) is 1. The zero-order valence-corrected chi connectivity index (χ0v) is 10.00. The van der Waals surface area contributed by atoms with E-state index >= 15 is 0 Å². The van der Waals surface area contributed by atoms with Gasteiger partial charge in [0.05, 0.1) is 10.7 Å². The minimum atomic E-state index is 0.715. The summed E-state index contributed by atoms with van der Waals surface area (Å²) in [5.74, 6) is 1.54. The van der Waals surface area contributed by atoms with Crippen LogP contribution in [0.1, 0.15) is 24.3 Å². The van der Waals surface area contributed by atoms with Crippen LogP contribution in [-0.2, 0) is 0 Å². The Labute approximate surface area is 99.1 Å². The number of nitrogen functional groups attached to an aromatic ring is 1. The fourth-order valence-electron chi connectivity index (χ4n) is 1.91. The normalized spacial score (nSPS) is 23.3. The van der Waals surface area contributed by atoms with Crippen LogP contribution in [0.5, 0.6) is 0 Å². The third-order valence-electron chi connectivity index (χ3n) is 3.16. The lowest BCUT2D eigenvalue weighted by molar-refractivity contribution is 0.906. The van der Waals surface area contributed by atoms with E-state index in [0.29, 0.717) is 5.92 Å². The van der Waals surface area contributed by atoms with Gasteiger partial charge in [0, 0.05) is 22.5 Å². The van der Waals surface area contributed by atoms with Gasteiger partial charge in [-0.1, -0.05) is 19.1 Å². The Hall–Kier alpha value is -1.35. The highest BCUT2D eigenvalue weighted by atomic mass is 32.1. The van der Waals surface area contributed by atoms with Gasteiger partial charge in [0.25, 0.3) is 0 Å². The van der Waals surface area contributed by atoms with Crippen molar-refractivity contribution in [3.05, 3.63) is 34.7 Å². The largest absolute Gasteiger partial charge is 0.399 e. The number of benzene rings is 1. The summed E-state index contributed by atoms with van der Waals surface area (Å²) in [6.07, 6.45) is 1.30. The van der Waals surface area contributed by atoms with Gasteiger partial charge in [-0.05, 0) is 24.5 Å². The third-order valence-corrected chi connectivity index (χ3v) is 4.13. The summed E-state index contributed by atoms with van der Waals surface area (Å²) in [6.45, 7) is 2.29. The highest BCUT2D eigenvalue weighted by Crippen LogP contribution is 2.48. The topological polar surface area (TPSA) is 38.9 Å². The second-order valence-electron chi connectivity index (χ2n) is 4.51. The fraction of sp³-hybridized carbons (Fsp3) is 0.308. The van der Waals surface area contributed by atoms with Crippen LogP contribution in [0.2, 0.25) is 0 Å². The predicted octanol–water partition coefficient (Wildman–Crippen LogP) is 3.52. The van der Waals surface area contributed by atoms with Crippen molar-refractivity contribution in [2.45, 2.75) is 19.3 Å². The molecule has 82 valence electrons. The van der Waals surface area contributed by atoms with E-state index in [9.17, 15) is 0 Å². The van der Waals surface area contributed by atoms with Crippen molar-refractivity contribution in [2.75, 3.05) is 5.73 Å². The van der Waals surface area contributed by atoms with E-state index in [1.165, 1.54) is 11.4 Å². The average Bonchev–Trinajstić information content (AvgIpc) is 2.82. The van der Waals surface area contributed by atoms with E-state index in [1.54, 1.807) is 11.3 Å². The van der Waals surface area contributed by atoms with Crippen LogP contribution in [0.25, 0.3) is 11.3 Å². The predicted molar refractivity (Wildman–Crippen MR) is 68.5 cm³/mol. The quantitative estimate of drug-likeness (QED) is 0.802. The summed E-state index contributed by atoms with van der Waals surface area (Å²) < 4.78 is 0. The molecule has 2 unspecified atom stereocenters. The lowest BCUT2D eigenvalue weighted by Gasteiger charge is -1.97. The van der Waals surface area contributed by atoms with E-state index in [0.717, 1.165) is 22.9 Å². The average molecular weight is 230 g/mol. The number of hydrogen-bond acceptors (Lipinski definition) is 3. The maximum atomic E-state index is 5.67. The first-order valence-corrected chi connectivity index (χ1v) is 6.43. The first-order chi connectivity index (χ1) is 7.74. The maximum absolute atomic E-state index is 5.67. The number of hydrogen-bond donors (Lipinski definition) is 1. The molecule has 1 aromatic heterocycles. The van der Waals surface area contributed by atoms with Crippen LogP contribution >= 0.6 is 11.3 Å². The van der Waals surface area contributed by atoms with Crippen molar-refractivity contribution in [3.63, 3.8) is 0 Å². The third kappa shape index (κ3) is 1.71. The Kier molecular flexibility index (Phi) is 2.21. The monoisotopic (exact) mass is 230 g/mol. The molecule has 3 rings (SSSR count). The number of nitrogens with two attached hydrogens (primary N) is 1. The molecule has 1 aromatic carbocycles. The summed E-state index contributed by atoms with van der Waals surface area (Å²) >= 11 is 1.78. The fourth-order valence-corrected chi connectivity index (χ4v) is 2.99. The molecule has 0 bridgehead atoms. The highest BCUT2D eigenvalue weighted by molar-refractivity contribution is 7.10. The molecule has 2 atom stereocenters. The standard InChI is InChI=1S/C13H14N2S/c1-8-6-11(8)13-15-12(7-16-13)9-2-4-10(14)5-3-9/h2-5,7-8,11H,6,14H2,1H3. The minimum Gasteiger partial charge on any atom is -0.399 e. The smallest absolute Gasteiger partial charge is 0.0966 e. The van der Waals surface area contributed by atoms with Crippen molar-refractivity contribution in [3.8, 4) is 11.3 Å². The van der Waals surface area contributed by atoms with Crippen molar-refractivity contribution in [2.24, 2.45) is 5.92 Å². The summed E-state index contributed by atoms with van der Waals surface area (Å²) in [7, 11) is 0. The molecule has 1 fully saturated rings. The molecule has 0 radical (unpaired) electrons. The van der Waals surface area contributed by atoms with Gasteiger partial charge in [-0.2, -0.15) is 0 Å². The second kappa shape index (κ2) is 3.59. The van der Waals surface area contributed by atoms with E-state index in [1.807, 2.05) is 24.3 Å². The van der Waals surface area contributed by atoms with Gasteiger partial charge in [-0.15, -0.1) is 11.3 Å². The Morgan fingerprint density at radius 1 is 1.31 bits per heavy atom. The van der Waals surface area contributed by atoms with E-state index in [4.69, 9.17) is 10.7 Å². The zero-order chi connectivity index (χ0) is 11.1. The summed E-state index contributed by atoms with van der Waals surface area (Å²) in [4.78, 5) is 4.70. The van der Waals surface area contributed by atoms with Gasteiger partial charge in [-0.3, -0.25) is 0 Å². The van der Waals surface area contributed by atoms with Crippen molar-refractivity contribution >= 4 is 17.0 Å². The molecule has 1 saturated carbocycles. The van der Waals surface area contributed by atoms with Gasteiger partial charge in [0.2, 0.25) is 0 Å². The van der Waals surface area contributed by atoms with Crippen LogP contribution in [0.15, 0.2) is 29.6 Å². The molecule has 2 N–H and O–H groups in total. The van der Waals surface area contributed by atoms with Gasteiger partial charge in [-0.25, -0.2) is 4.98 Å². The van der Waals surface area contributed by atoms with Crippen molar-refractivity contribution < 1.29 is 0 Å². The van der Waals surface area contributed by atoms with Gasteiger partial charge in [0.15, 0.2) is 0 Å². The molecule has 0 amide bonds. The molecule has 16 heavy (non-hydrogen) atoms. The molecule has 1 aliphatic rings. The van der Waals surface area contributed by atoms with E-state index < -0.39 is 0 Å². The Morgan fingerprint density at radius 2 is 2.00 bits per heavy atom. The molecule has 1 aliphatic carbocycles. The van der Waals surface area contributed by atoms with Crippen molar-refractivity contribution in [1.29, 1.82) is 0 Å². The molecule has 2 aromatic rings. The molecular weight excluding hydrogens is 216 g/mol. The van der Waals surface area contributed by atoms with Crippen LogP contribution in [0.4, 0.5) is 5.69 Å². The van der Waals surface area contributed by atoms with Crippen LogP contribution in [0.3, 0.4) is 0 Å². The second-order valence-corrected chi connectivity index (χ2v) is 5.40. The number of thiazole rings is 1. The zero-order valence-electron chi connectivity index (χ0n) is 9.18. The van der Waals surface area contributed by atoms with E-state index in [2.05, 4.69) is 12.3 Å². The van der Waals surface area contributed by atoms with Gasteiger partial charge >= 0.3 is 0 Å². The molecule has 1 heterocycles. The molecule has 0 spiro atoms. The summed E-state index contributed by atoms with van der Waals surface area (Å²) in [5.41, 5.74) is 8.71. The number of rotatable bonds is 2. The molecular formula is C13H14N2S. The maximum Gasteiger partial charge on any atom is 0.0966 e. The minimum absolute atomic E-state index is 0.715. The number of anilines is 1. The number of aromatic nitrogens is 1. The molecule has 2 nitrogen and oxygen atoms in total. The lowest BCUT2D eigenvalue weighted by atomic mass is 10.1. The molecule has 0 saturated heterocycles. The first kappa shape index (κ1) is 9.85. The van der Waals surface area contributed by atoms with Crippen molar-refractivity contribution in [1.82, 2.24) is 4.98 Å². The van der Waals surface area contributed by atoms with Gasteiger partial charge < -0.3 is 5.73 Å². The van der Waals surface area contributed by atoms with Gasteiger partial charge in [0.1, 0.15) is 0 Å². The highest BCUT2D eigenvalue weighted by Gasteiger charge is 2.36. The molecule has 3 heteroatoms. The first-order valence-electron chi connectivity index (χ1n) is 5.55. The van der Waals surface area contributed by atoms with Crippen LogP contribution < -0.4 is 5.73 Å². The molecule has 0 aliphatic heterocycles. The van der Waals surface area contributed by atoms with Crippen LogP contribution in [0, 0.1) is 5.92 Å². The Balaban J connectivity index is 1.89. The summed E-state index contributed by atoms with van der Waals surface area (Å²) in [6, 6.07) is 7.91. The Bertz CT molecular complexity index is 501.